The fourth-order valence-corrected chi connectivity index (χ4v) is 3.43. The molecule has 0 saturated heterocycles. The molecule has 106 valence electrons. The Hall–Kier alpha value is -2.08. The van der Waals surface area contributed by atoms with Crippen molar-refractivity contribution in [3.8, 4) is 11.1 Å². The van der Waals surface area contributed by atoms with Crippen LogP contribution < -0.4 is 0 Å². The Morgan fingerprint density at radius 2 is 1.38 bits per heavy atom. The zero-order valence-electron chi connectivity index (χ0n) is 13.3. The first-order valence-electron chi connectivity index (χ1n) is 7.63. The summed E-state index contributed by atoms with van der Waals surface area (Å²) in [5.41, 5.74) is 8.31. The van der Waals surface area contributed by atoms with Gasteiger partial charge in [-0.2, -0.15) is 0 Å². The van der Waals surface area contributed by atoms with Crippen LogP contribution in [0.4, 0.5) is 0 Å². The van der Waals surface area contributed by atoms with Gasteiger partial charge in [0, 0.05) is 5.41 Å². The molecule has 0 heterocycles. The molecule has 0 nitrogen and oxygen atoms in total. The van der Waals surface area contributed by atoms with Crippen LogP contribution in [0.2, 0.25) is 0 Å². The van der Waals surface area contributed by atoms with E-state index in [2.05, 4.69) is 88.4 Å². The minimum atomic E-state index is 0.0801. The van der Waals surface area contributed by atoms with Gasteiger partial charge >= 0.3 is 0 Å². The Labute approximate surface area is 127 Å². The van der Waals surface area contributed by atoms with E-state index in [0.717, 1.165) is 0 Å². The van der Waals surface area contributed by atoms with Crippen molar-refractivity contribution < 1.29 is 0 Å². The van der Waals surface area contributed by atoms with E-state index in [-0.39, 0.29) is 5.41 Å². The van der Waals surface area contributed by atoms with E-state index in [1.807, 2.05) is 0 Å². The first-order chi connectivity index (χ1) is 10.1. The number of allylic oxidation sites excluding steroid dienone is 2. The molecular formula is C21H22. The molecule has 21 heavy (non-hydrogen) atoms. The summed E-state index contributed by atoms with van der Waals surface area (Å²) in [5.74, 6) is 0. The van der Waals surface area contributed by atoms with E-state index in [9.17, 15) is 0 Å². The summed E-state index contributed by atoms with van der Waals surface area (Å²) in [6, 6.07) is 13.5. The molecule has 0 heteroatoms. The zero-order chi connectivity index (χ0) is 15.0. The minimum Gasteiger partial charge on any atom is -0.0870 e. The van der Waals surface area contributed by atoms with Gasteiger partial charge < -0.3 is 0 Å². The van der Waals surface area contributed by atoms with Crippen LogP contribution in [0.5, 0.6) is 0 Å². The zero-order valence-corrected chi connectivity index (χ0v) is 13.3. The Kier molecular flexibility index (Phi) is 3.33. The Morgan fingerprint density at radius 1 is 0.762 bits per heavy atom. The lowest BCUT2D eigenvalue weighted by Gasteiger charge is -2.22. The minimum absolute atomic E-state index is 0.0801. The first kappa shape index (κ1) is 13.9. The summed E-state index contributed by atoms with van der Waals surface area (Å²) in [6.07, 6.45) is 8.63. The molecule has 0 fully saturated rings. The van der Waals surface area contributed by atoms with Gasteiger partial charge in [-0.05, 0) is 59.4 Å². The van der Waals surface area contributed by atoms with Crippen molar-refractivity contribution in [1.82, 2.24) is 0 Å². The molecule has 0 aliphatic heterocycles. The summed E-state index contributed by atoms with van der Waals surface area (Å²) >= 11 is 0. The van der Waals surface area contributed by atoms with Gasteiger partial charge in [0.1, 0.15) is 0 Å². The fraction of sp³-hybridized carbons (Fsp3) is 0.238. The predicted octanol–water partition coefficient (Wildman–Crippen LogP) is 6.06. The van der Waals surface area contributed by atoms with E-state index in [1.54, 1.807) is 0 Å². The van der Waals surface area contributed by atoms with E-state index in [1.165, 1.54) is 33.4 Å². The smallest absolute Gasteiger partial charge is 0.0159 e. The highest BCUT2D eigenvalue weighted by atomic mass is 14.4. The third-order valence-corrected chi connectivity index (χ3v) is 4.48. The molecule has 0 amide bonds. The van der Waals surface area contributed by atoms with E-state index < -0.39 is 0 Å². The molecular weight excluding hydrogens is 252 g/mol. The maximum Gasteiger partial charge on any atom is 0.0159 e. The number of benzene rings is 2. The quantitative estimate of drug-likeness (QED) is 0.624. The normalized spacial score (nSPS) is 15.6. The van der Waals surface area contributed by atoms with Gasteiger partial charge in [0.05, 0.1) is 0 Å². The molecule has 0 spiro atoms. The summed E-state index contributed by atoms with van der Waals surface area (Å²) in [4.78, 5) is 0. The van der Waals surface area contributed by atoms with Crippen LogP contribution in [0.1, 0.15) is 49.9 Å². The van der Waals surface area contributed by atoms with Crippen molar-refractivity contribution in [3.05, 3.63) is 70.8 Å². The van der Waals surface area contributed by atoms with Gasteiger partial charge in [-0.25, -0.2) is 0 Å². The number of rotatable bonds is 2. The number of hydrogen-bond acceptors (Lipinski definition) is 0. The lowest BCUT2D eigenvalue weighted by Crippen LogP contribution is -2.15. The lowest BCUT2D eigenvalue weighted by atomic mass is 9.81. The average molecular weight is 274 g/mol. The van der Waals surface area contributed by atoms with Gasteiger partial charge in [0.15, 0.2) is 0 Å². The SMILES string of the molecule is CC=Cc1cc2c(cc1C=CC)C(C)(C)c1ccccc1-2. The highest BCUT2D eigenvalue weighted by Crippen LogP contribution is 2.49. The maximum atomic E-state index is 2.37. The summed E-state index contributed by atoms with van der Waals surface area (Å²) in [6.45, 7) is 8.80. The van der Waals surface area contributed by atoms with Crippen LogP contribution in [0.15, 0.2) is 48.6 Å². The van der Waals surface area contributed by atoms with Crippen molar-refractivity contribution in [2.45, 2.75) is 33.1 Å². The monoisotopic (exact) mass is 274 g/mol. The van der Waals surface area contributed by atoms with Crippen LogP contribution >= 0.6 is 0 Å². The molecule has 2 aromatic carbocycles. The van der Waals surface area contributed by atoms with Gasteiger partial charge in [-0.15, -0.1) is 0 Å². The topological polar surface area (TPSA) is 0 Å². The largest absolute Gasteiger partial charge is 0.0870 e. The molecule has 3 rings (SSSR count). The van der Waals surface area contributed by atoms with Crippen LogP contribution in [-0.4, -0.2) is 0 Å². The van der Waals surface area contributed by atoms with Crippen LogP contribution in [0.25, 0.3) is 23.3 Å². The molecule has 0 atom stereocenters. The Bertz CT molecular complexity index is 743. The van der Waals surface area contributed by atoms with Crippen molar-refractivity contribution in [2.75, 3.05) is 0 Å². The fourth-order valence-electron chi connectivity index (χ4n) is 3.43. The van der Waals surface area contributed by atoms with Gasteiger partial charge in [-0.3, -0.25) is 0 Å². The molecule has 1 aliphatic rings. The van der Waals surface area contributed by atoms with Crippen molar-refractivity contribution in [3.63, 3.8) is 0 Å². The van der Waals surface area contributed by atoms with Crippen molar-refractivity contribution in [1.29, 1.82) is 0 Å². The standard InChI is InChI=1S/C21H22/c1-5-9-15-13-18-17-11-7-8-12-19(17)21(3,4)20(18)14-16(15)10-6-2/h5-14H,1-4H3. The Morgan fingerprint density at radius 3 is 2.05 bits per heavy atom. The van der Waals surface area contributed by atoms with Crippen LogP contribution in [0.3, 0.4) is 0 Å². The molecule has 0 radical (unpaired) electrons. The maximum absolute atomic E-state index is 2.37. The molecule has 0 aromatic heterocycles. The van der Waals surface area contributed by atoms with Crippen LogP contribution in [0, 0.1) is 0 Å². The molecule has 0 N–H and O–H groups in total. The number of fused-ring (bicyclic) bond motifs is 3. The number of hydrogen-bond donors (Lipinski definition) is 0. The van der Waals surface area contributed by atoms with E-state index in [4.69, 9.17) is 0 Å². The first-order valence-corrected chi connectivity index (χ1v) is 7.63. The second kappa shape index (κ2) is 5.04. The van der Waals surface area contributed by atoms with Crippen LogP contribution in [-0.2, 0) is 5.41 Å². The third kappa shape index (κ3) is 2.06. The summed E-state index contributed by atoms with van der Waals surface area (Å²) < 4.78 is 0. The van der Waals surface area contributed by atoms with Crippen molar-refractivity contribution >= 4 is 12.2 Å². The van der Waals surface area contributed by atoms with Gasteiger partial charge in [0.25, 0.3) is 0 Å². The van der Waals surface area contributed by atoms with Crippen molar-refractivity contribution in [2.24, 2.45) is 0 Å². The second-order valence-electron chi connectivity index (χ2n) is 6.20. The summed E-state index contributed by atoms with van der Waals surface area (Å²) in [5, 5.41) is 0. The van der Waals surface area contributed by atoms with E-state index >= 15 is 0 Å². The van der Waals surface area contributed by atoms with Gasteiger partial charge in [-0.1, -0.05) is 62.4 Å². The van der Waals surface area contributed by atoms with Gasteiger partial charge in [0.2, 0.25) is 0 Å². The summed E-state index contributed by atoms with van der Waals surface area (Å²) in [7, 11) is 0. The Balaban J connectivity index is 2.33. The average Bonchev–Trinajstić information content (AvgIpc) is 2.69. The highest BCUT2D eigenvalue weighted by molar-refractivity contribution is 5.84. The second-order valence-corrected chi connectivity index (χ2v) is 6.20. The molecule has 0 bridgehead atoms. The molecule has 2 aromatic rings. The molecule has 1 aliphatic carbocycles. The molecule has 0 saturated carbocycles. The highest BCUT2D eigenvalue weighted by Gasteiger charge is 2.35. The van der Waals surface area contributed by atoms with E-state index in [0.29, 0.717) is 0 Å². The predicted molar refractivity (Wildman–Crippen MR) is 93.4 cm³/mol. The third-order valence-electron chi connectivity index (χ3n) is 4.48. The lowest BCUT2D eigenvalue weighted by molar-refractivity contribution is 0.660. The molecule has 0 unspecified atom stereocenters.